The molecule has 1 aromatic rings. The lowest BCUT2D eigenvalue weighted by atomic mass is 10.3. The third kappa shape index (κ3) is 7.87. The molecule has 0 bridgehead atoms. The molecule has 2 N–H and O–H groups in total. The lowest BCUT2D eigenvalue weighted by Crippen LogP contribution is -2.32. The molecule has 18 heavy (non-hydrogen) atoms. The third-order valence-electron chi connectivity index (χ3n) is 1.98. The molecule has 0 spiro atoms. The van der Waals surface area contributed by atoms with Gasteiger partial charge in [0.25, 0.3) is 5.91 Å². The van der Waals surface area contributed by atoms with Gasteiger partial charge in [-0.2, -0.15) is 0 Å². The van der Waals surface area contributed by atoms with E-state index in [0.29, 0.717) is 12.1 Å². The Hall–Kier alpha value is -0.360. The Kier molecular flexibility index (Phi) is 13.0. The highest BCUT2D eigenvalue weighted by atomic mass is 79.9. The van der Waals surface area contributed by atoms with Crippen molar-refractivity contribution in [3.05, 3.63) is 28.5 Å². The fraction of sp³-hybridized carbons (Fsp3) is 0.455. The minimum absolute atomic E-state index is 0. The Labute approximate surface area is 128 Å². The van der Waals surface area contributed by atoms with Gasteiger partial charge in [-0.05, 0) is 35.0 Å². The number of nitrogens with zero attached hydrogens (tertiary/aromatic N) is 1. The van der Waals surface area contributed by atoms with Gasteiger partial charge in [0.15, 0.2) is 0 Å². The molecule has 0 saturated carbocycles. The summed E-state index contributed by atoms with van der Waals surface area (Å²) < 4.78 is 0.809. The molecule has 0 aliphatic carbocycles. The number of hydrogen-bond acceptors (Lipinski definition) is 3. The molecular weight excluding hydrogens is 341 g/mol. The number of nitrogens with one attached hydrogen (secondary N) is 2. The molecule has 1 aromatic heterocycles. The third-order valence-corrected chi connectivity index (χ3v) is 2.41. The van der Waals surface area contributed by atoms with Crippen LogP contribution in [0.1, 0.15) is 23.7 Å². The number of carbonyl (C=O) groups is 1. The highest BCUT2D eigenvalue weighted by molar-refractivity contribution is 9.10. The largest absolute Gasteiger partial charge is 0.351 e. The van der Waals surface area contributed by atoms with E-state index in [4.69, 9.17) is 0 Å². The number of halogens is 3. The minimum Gasteiger partial charge on any atom is -0.351 e. The summed E-state index contributed by atoms with van der Waals surface area (Å²) in [4.78, 5) is 15.6. The standard InChI is InChI=1S/C11H16BrN3O.2ClH/c1-2-3-13-4-5-15-11(16)9-6-10(12)8-14-7-9;;/h6-8,13H,2-5H2,1H3,(H,15,16);2*1H. The van der Waals surface area contributed by atoms with E-state index in [1.807, 2.05) is 0 Å². The molecule has 1 heterocycles. The van der Waals surface area contributed by atoms with Crippen LogP contribution in [0.4, 0.5) is 0 Å². The predicted molar refractivity (Wildman–Crippen MR) is 81.9 cm³/mol. The van der Waals surface area contributed by atoms with Crippen LogP contribution >= 0.6 is 40.7 Å². The van der Waals surface area contributed by atoms with Gasteiger partial charge < -0.3 is 10.6 Å². The molecule has 0 aliphatic rings. The lowest BCUT2D eigenvalue weighted by molar-refractivity contribution is 0.0953. The van der Waals surface area contributed by atoms with Crippen molar-refractivity contribution in [2.75, 3.05) is 19.6 Å². The maximum absolute atomic E-state index is 11.6. The summed E-state index contributed by atoms with van der Waals surface area (Å²) in [6.45, 7) is 4.51. The number of pyridine rings is 1. The fourth-order valence-electron chi connectivity index (χ4n) is 1.20. The van der Waals surface area contributed by atoms with Crippen LogP contribution in [0.15, 0.2) is 22.9 Å². The van der Waals surface area contributed by atoms with Crippen molar-refractivity contribution in [1.82, 2.24) is 15.6 Å². The second kappa shape index (κ2) is 11.7. The van der Waals surface area contributed by atoms with Gasteiger partial charge in [-0.25, -0.2) is 0 Å². The molecule has 104 valence electrons. The van der Waals surface area contributed by atoms with E-state index < -0.39 is 0 Å². The van der Waals surface area contributed by atoms with Crippen LogP contribution < -0.4 is 10.6 Å². The Bertz CT molecular complexity index is 353. The predicted octanol–water partition coefficient (Wildman–Crippen LogP) is 2.42. The second-order valence-electron chi connectivity index (χ2n) is 3.40. The van der Waals surface area contributed by atoms with Crippen LogP contribution in [-0.4, -0.2) is 30.5 Å². The van der Waals surface area contributed by atoms with Gasteiger partial charge in [-0.3, -0.25) is 9.78 Å². The molecule has 0 radical (unpaired) electrons. The van der Waals surface area contributed by atoms with Gasteiger partial charge in [-0.15, -0.1) is 24.8 Å². The summed E-state index contributed by atoms with van der Waals surface area (Å²) in [6.07, 6.45) is 4.31. The van der Waals surface area contributed by atoms with Crippen LogP contribution in [0.5, 0.6) is 0 Å². The summed E-state index contributed by atoms with van der Waals surface area (Å²) in [7, 11) is 0. The maximum Gasteiger partial charge on any atom is 0.252 e. The van der Waals surface area contributed by atoms with Gasteiger partial charge in [0, 0.05) is 30.0 Å². The quantitative estimate of drug-likeness (QED) is 0.768. The van der Waals surface area contributed by atoms with Crippen LogP contribution in [0.3, 0.4) is 0 Å². The monoisotopic (exact) mass is 357 g/mol. The van der Waals surface area contributed by atoms with Crippen molar-refractivity contribution in [2.24, 2.45) is 0 Å². The van der Waals surface area contributed by atoms with E-state index in [1.54, 1.807) is 18.5 Å². The lowest BCUT2D eigenvalue weighted by Gasteiger charge is -2.05. The van der Waals surface area contributed by atoms with Crippen LogP contribution in [0.2, 0.25) is 0 Å². The van der Waals surface area contributed by atoms with Crippen LogP contribution in [0, 0.1) is 0 Å². The SMILES string of the molecule is CCCNCCNC(=O)c1cncc(Br)c1.Cl.Cl. The first-order valence-corrected chi connectivity index (χ1v) is 6.12. The van der Waals surface area contributed by atoms with Crippen LogP contribution in [-0.2, 0) is 0 Å². The van der Waals surface area contributed by atoms with Gasteiger partial charge in [-0.1, -0.05) is 6.92 Å². The molecule has 0 aliphatic heterocycles. The highest BCUT2D eigenvalue weighted by Crippen LogP contribution is 2.08. The number of rotatable bonds is 6. The van der Waals surface area contributed by atoms with Crippen LogP contribution in [0.25, 0.3) is 0 Å². The average molecular weight is 359 g/mol. The zero-order valence-electron chi connectivity index (χ0n) is 10.1. The van der Waals surface area contributed by atoms with E-state index in [9.17, 15) is 4.79 Å². The summed E-state index contributed by atoms with van der Waals surface area (Å²) in [5.74, 6) is -0.0906. The molecule has 1 rings (SSSR count). The summed E-state index contributed by atoms with van der Waals surface area (Å²) in [6, 6.07) is 1.75. The Morgan fingerprint density at radius 3 is 2.61 bits per heavy atom. The smallest absolute Gasteiger partial charge is 0.252 e. The van der Waals surface area contributed by atoms with Crippen molar-refractivity contribution in [3.8, 4) is 0 Å². The molecule has 1 amide bonds. The van der Waals surface area contributed by atoms with Gasteiger partial charge >= 0.3 is 0 Å². The molecule has 7 heteroatoms. The first-order chi connectivity index (χ1) is 7.74. The van der Waals surface area contributed by atoms with E-state index in [2.05, 4.69) is 38.5 Å². The zero-order chi connectivity index (χ0) is 11.8. The maximum atomic E-state index is 11.6. The number of carbonyl (C=O) groups excluding carboxylic acids is 1. The zero-order valence-corrected chi connectivity index (χ0v) is 13.3. The molecule has 0 atom stereocenters. The number of aromatic nitrogens is 1. The average Bonchev–Trinajstić information content (AvgIpc) is 2.28. The number of amides is 1. The van der Waals surface area contributed by atoms with Crippen molar-refractivity contribution in [1.29, 1.82) is 0 Å². The van der Waals surface area contributed by atoms with E-state index in [-0.39, 0.29) is 30.7 Å². The molecule has 0 aromatic carbocycles. The van der Waals surface area contributed by atoms with E-state index >= 15 is 0 Å². The Morgan fingerprint density at radius 2 is 2.00 bits per heavy atom. The molecule has 4 nitrogen and oxygen atoms in total. The Balaban J connectivity index is 0. The van der Waals surface area contributed by atoms with Crippen molar-refractivity contribution < 1.29 is 4.79 Å². The van der Waals surface area contributed by atoms with Crippen molar-refractivity contribution in [3.63, 3.8) is 0 Å². The fourth-order valence-corrected chi connectivity index (χ4v) is 1.57. The van der Waals surface area contributed by atoms with Gasteiger partial charge in [0.2, 0.25) is 0 Å². The Morgan fingerprint density at radius 1 is 1.28 bits per heavy atom. The topological polar surface area (TPSA) is 54.0 Å². The second-order valence-corrected chi connectivity index (χ2v) is 4.31. The van der Waals surface area contributed by atoms with E-state index in [1.165, 1.54) is 0 Å². The van der Waals surface area contributed by atoms with Crippen molar-refractivity contribution in [2.45, 2.75) is 13.3 Å². The number of hydrogen-bond donors (Lipinski definition) is 2. The first-order valence-electron chi connectivity index (χ1n) is 5.33. The normalized spacial score (nSPS) is 9.00. The molecule has 0 saturated heterocycles. The van der Waals surface area contributed by atoms with Crippen molar-refractivity contribution >= 4 is 46.7 Å². The molecular formula is C11H18BrCl2N3O. The van der Waals surface area contributed by atoms with Gasteiger partial charge in [0.1, 0.15) is 0 Å². The summed E-state index contributed by atoms with van der Waals surface area (Å²) >= 11 is 3.28. The summed E-state index contributed by atoms with van der Waals surface area (Å²) in [5.41, 5.74) is 0.574. The van der Waals surface area contributed by atoms with Gasteiger partial charge in [0.05, 0.1) is 5.56 Å². The molecule has 0 unspecified atom stereocenters. The summed E-state index contributed by atoms with van der Waals surface area (Å²) in [5, 5.41) is 6.04. The highest BCUT2D eigenvalue weighted by Gasteiger charge is 2.04. The van der Waals surface area contributed by atoms with E-state index in [0.717, 1.165) is 24.0 Å². The molecule has 0 fully saturated rings. The first kappa shape index (κ1) is 20.0. The minimum atomic E-state index is -0.0906.